The molecule has 170 valence electrons. The van der Waals surface area contributed by atoms with E-state index in [-0.39, 0.29) is 44.0 Å². The minimum atomic E-state index is -3.72. The quantitative estimate of drug-likeness (QED) is 0.395. The van der Waals surface area contributed by atoms with Crippen molar-refractivity contribution in [2.45, 2.75) is 52.4 Å². The molecule has 0 atom stereocenters. The molecule has 1 aromatic rings. The first kappa shape index (κ1) is 24.1. The van der Waals surface area contributed by atoms with Gasteiger partial charge in [0.05, 0.1) is 6.07 Å². The van der Waals surface area contributed by atoms with E-state index in [1.54, 1.807) is 6.92 Å². The zero-order valence-corrected chi connectivity index (χ0v) is 19.9. The summed E-state index contributed by atoms with van der Waals surface area (Å²) in [5.74, 6) is 4.97. The zero-order chi connectivity index (χ0) is 23.7. The van der Waals surface area contributed by atoms with Crippen LogP contribution in [0.5, 0.6) is 0 Å². The predicted octanol–water partition coefficient (Wildman–Crippen LogP) is 2.47. The van der Waals surface area contributed by atoms with Gasteiger partial charge in [0.15, 0.2) is 0 Å². The van der Waals surface area contributed by atoms with Crippen LogP contribution in [0.3, 0.4) is 0 Å². The van der Waals surface area contributed by atoms with Crippen LogP contribution < -0.4 is 0 Å². The van der Waals surface area contributed by atoms with E-state index >= 15 is 0 Å². The summed E-state index contributed by atoms with van der Waals surface area (Å²) in [4.78, 5) is 26.5. The standard InChI is InChI=1S/C24H29N3O4S/c1-5-6-19-13-17(2)22(18(3)14-19)23-20(28)15-24(16-21(23)29)7-10-27(11-8-24)32(30,31)26(4)12-9-25/h13-14,23H,7-8,10-12,15-16H2,1-4H3. The number of rotatable bonds is 4. The number of nitriles is 1. The Morgan fingerprint density at radius 2 is 1.66 bits per heavy atom. The second-order valence-corrected chi connectivity index (χ2v) is 11.0. The molecule has 7 nitrogen and oxygen atoms in total. The van der Waals surface area contributed by atoms with Gasteiger partial charge in [-0.3, -0.25) is 9.59 Å². The molecule has 1 aliphatic heterocycles. The van der Waals surface area contributed by atoms with Gasteiger partial charge in [-0.2, -0.15) is 22.3 Å². The van der Waals surface area contributed by atoms with Crippen LogP contribution in [-0.4, -0.2) is 55.3 Å². The number of hydrogen-bond acceptors (Lipinski definition) is 5. The number of benzene rings is 1. The Kier molecular flexibility index (Phi) is 6.90. The summed E-state index contributed by atoms with van der Waals surface area (Å²) in [6, 6.07) is 5.69. The molecule has 8 heteroatoms. The highest BCUT2D eigenvalue weighted by atomic mass is 32.2. The molecule has 2 fully saturated rings. The van der Waals surface area contributed by atoms with E-state index < -0.39 is 21.5 Å². The normalized spacial score (nSPS) is 19.6. The van der Waals surface area contributed by atoms with Gasteiger partial charge in [0.2, 0.25) is 0 Å². The number of ketones is 2. The number of piperidine rings is 1. The molecule has 1 spiro atoms. The molecule has 0 N–H and O–H groups in total. The van der Waals surface area contributed by atoms with E-state index in [1.807, 2.05) is 32.0 Å². The van der Waals surface area contributed by atoms with Crippen molar-refractivity contribution in [3.8, 4) is 17.9 Å². The predicted molar refractivity (Wildman–Crippen MR) is 121 cm³/mol. The van der Waals surface area contributed by atoms with E-state index in [0.29, 0.717) is 12.8 Å². The van der Waals surface area contributed by atoms with Crippen molar-refractivity contribution in [2.24, 2.45) is 5.41 Å². The SMILES string of the molecule is CC#Cc1cc(C)c(C2C(=O)CC3(CCN(S(=O)(=O)N(C)CC#N)CC3)CC2=O)c(C)c1. The van der Waals surface area contributed by atoms with E-state index in [4.69, 9.17) is 5.26 Å². The van der Waals surface area contributed by atoms with Crippen molar-refractivity contribution >= 4 is 21.8 Å². The second kappa shape index (κ2) is 9.15. The molecular formula is C24H29N3O4S. The molecule has 1 saturated heterocycles. The largest absolute Gasteiger partial charge is 0.299 e. The van der Waals surface area contributed by atoms with Crippen LogP contribution in [0.25, 0.3) is 0 Å². The second-order valence-electron chi connectivity index (χ2n) is 8.94. The van der Waals surface area contributed by atoms with Crippen molar-refractivity contribution in [3.05, 3.63) is 34.4 Å². The van der Waals surface area contributed by atoms with Gasteiger partial charge in [-0.25, -0.2) is 0 Å². The van der Waals surface area contributed by atoms with Crippen LogP contribution in [-0.2, 0) is 19.8 Å². The van der Waals surface area contributed by atoms with E-state index in [9.17, 15) is 18.0 Å². The van der Waals surface area contributed by atoms with E-state index in [1.165, 1.54) is 11.4 Å². The van der Waals surface area contributed by atoms with Gasteiger partial charge in [-0.05, 0) is 67.9 Å². The molecule has 2 aliphatic rings. The molecule has 0 bridgehead atoms. The first-order valence-electron chi connectivity index (χ1n) is 10.7. The lowest BCUT2D eigenvalue weighted by atomic mass is 9.63. The van der Waals surface area contributed by atoms with Crippen molar-refractivity contribution in [1.82, 2.24) is 8.61 Å². The molecular weight excluding hydrogens is 426 g/mol. The Morgan fingerprint density at radius 1 is 1.12 bits per heavy atom. The highest BCUT2D eigenvalue weighted by Crippen LogP contribution is 2.47. The minimum absolute atomic E-state index is 0.0836. The Morgan fingerprint density at radius 3 is 2.12 bits per heavy atom. The Hall–Kier alpha value is -2.52. The molecule has 0 aromatic heterocycles. The third-order valence-electron chi connectivity index (χ3n) is 6.69. The highest BCUT2D eigenvalue weighted by molar-refractivity contribution is 7.86. The van der Waals surface area contributed by atoms with Gasteiger partial charge in [0, 0.05) is 38.5 Å². The maximum atomic E-state index is 13.2. The van der Waals surface area contributed by atoms with Gasteiger partial charge in [-0.15, -0.1) is 5.92 Å². The molecule has 1 aromatic carbocycles. The summed E-state index contributed by atoms with van der Waals surface area (Å²) in [5.41, 5.74) is 2.96. The third-order valence-corrected chi connectivity index (χ3v) is 8.63. The van der Waals surface area contributed by atoms with Crippen molar-refractivity contribution in [1.29, 1.82) is 5.26 Å². The molecule has 0 unspecified atom stereocenters. The topological polar surface area (TPSA) is 98.6 Å². The third kappa shape index (κ3) is 4.49. The molecule has 0 amide bonds. The molecule has 32 heavy (non-hydrogen) atoms. The number of carbonyl (C=O) groups excluding carboxylic acids is 2. The molecule has 1 heterocycles. The van der Waals surface area contributed by atoms with Gasteiger partial charge in [0.1, 0.15) is 24.0 Å². The first-order valence-corrected chi connectivity index (χ1v) is 12.1. The summed E-state index contributed by atoms with van der Waals surface area (Å²) in [6.45, 7) is 5.86. The maximum Gasteiger partial charge on any atom is 0.282 e. The van der Waals surface area contributed by atoms with E-state index in [2.05, 4.69) is 11.8 Å². The van der Waals surface area contributed by atoms with Crippen LogP contribution in [0.1, 0.15) is 60.8 Å². The van der Waals surface area contributed by atoms with Gasteiger partial charge < -0.3 is 0 Å². The fourth-order valence-electron chi connectivity index (χ4n) is 5.08. The number of nitrogens with zero attached hydrogens (tertiary/aromatic N) is 3. The molecule has 3 rings (SSSR count). The van der Waals surface area contributed by atoms with Gasteiger partial charge >= 0.3 is 0 Å². The van der Waals surface area contributed by atoms with Crippen LogP contribution in [0.4, 0.5) is 0 Å². The lowest BCUT2D eigenvalue weighted by Crippen LogP contribution is -2.51. The highest BCUT2D eigenvalue weighted by Gasteiger charge is 2.48. The van der Waals surface area contributed by atoms with E-state index in [0.717, 1.165) is 26.6 Å². The average Bonchev–Trinajstić information content (AvgIpc) is 2.70. The number of hydrogen-bond donors (Lipinski definition) is 0. The minimum Gasteiger partial charge on any atom is -0.299 e. The molecule has 1 saturated carbocycles. The van der Waals surface area contributed by atoms with Crippen LogP contribution in [0, 0.1) is 42.4 Å². The summed E-state index contributed by atoms with van der Waals surface area (Å²) >= 11 is 0. The van der Waals surface area contributed by atoms with Crippen LogP contribution >= 0.6 is 0 Å². The smallest absolute Gasteiger partial charge is 0.282 e. The number of Topliss-reactive ketones (excluding diaryl/α,β-unsaturated/α-hetero) is 2. The monoisotopic (exact) mass is 455 g/mol. The number of aryl methyl sites for hydroxylation is 2. The lowest BCUT2D eigenvalue weighted by Gasteiger charge is -2.44. The summed E-state index contributed by atoms with van der Waals surface area (Å²) in [7, 11) is -2.34. The van der Waals surface area contributed by atoms with Crippen LogP contribution in [0.2, 0.25) is 0 Å². The Balaban J connectivity index is 1.78. The zero-order valence-electron chi connectivity index (χ0n) is 19.1. The lowest BCUT2D eigenvalue weighted by molar-refractivity contribution is -0.138. The first-order chi connectivity index (χ1) is 15.0. The fraction of sp³-hybridized carbons (Fsp3) is 0.542. The Labute approximate surface area is 190 Å². The summed E-state index contributed by atoms with van der Waals surface area (Å²) < 4.78 is 27.6. The fourth-order valence-corrected chi connectivity index (χ4v) is 6.34. The Bertz CT molecular complexity index is 1100. The van der Waals surface area contributed by atoms with Crippen molar-refractivity contribution in [2.75, 3.05) is 26.7 Å². The summed E-state index contributed by atoms with van der Waals surface area (Å²) in [6.07, 6.45) is 1.47. The number of carbonyl (C=O) groups is 2. The van der Waals surface area contributed by atoms with Gasteiger partial charge in [-0.1, -0.05) is 5.92 Å². The van der Waals surface area contributed by atoms with Crippen molar-refractivity contribution < 1.29 is 18.0 Å². The van der Waals surface area contributed by atoms with Crippen LogP contribution in [0.15, 0.2) is 12.1 Å². The molecule has 0 radical (unpaired) electrons. The summed E-state index contributed by atoms with van der Waals surface area (Å²) in [5, 5.41) is 8.80. The molecule has 1 aliphatic carbocycles. The van der Waals surface area contributed by atoms with Gasteiger partial charge in [0.25, 0.3) is 10.2 Å². The maximum absolute atomic E-state index is 13.2. The van der Waals surface area contributed by atoms with Crippen molar-refractivity contribution in [3.63, 3.8) is 0 Å². The average molecular weight is 456 g/mol.